The molecule has 1 saturated carbocycles. The number of morpholine rings is 1. The maximum atomic E-state index is 13.0. The molecular weight excluding hydrogens is 458 g/mol. The van der Waals surface area contributed by atoms with Crippen LogP contribution in [0.4, 0.5) is 0 Å². The van der Waals surface area contributed by atoms with Gasteiger partial charge in [0, 0.05) is 49.2 Å². The molecule has 7 heteroatoms. The second kappa shape index (κ2) is 9.98. The van der Waals surface area contributed by atoms with Gasteiger partial charge < -0.3 is 14.4 Å². The van der Waals surface area contributed by atoms with Crippen LogP contribution in [0.15, 0.2) is 12.3 Å². The van der Waals surface area contributed by atoms with E-state index in [0.717, 1.165) is 88.5 Å². The monoisotopic (exact) mass is 497 g/mol. The number of hydrogen-bond acceptors (Lipinski definition) is 6. The second-order valence-electron chi connectivity index (χ2n) is 11.0. The van der Waals surface area contributed by atoms with E-state index in [4.69, 9.17) is 14.5 Å². The largest absolute Gasteiger partial charge is 0.490 e. The maximum Gasteiger partial charge on any atom is 0.223 e. The topological polar surface area (TPSA) is 54.9 Å². The Bertz CT molecular complexity index is 1050. The summed E-state index contributed by atoms with van der Waals surface area (Å²) >= 11 is 1.81. The van der Waals surface area contributed by atoms with E-state index in [0.29, 0.717) is 23.8 Å². The highest BCUT2D eigenvalue weighted by molar-refractivity contribution is 7.19. The molecule has 0 radical (unpaired) electrons. The molecular formula is C28H39N3O3S. The van der Waals surface area contributed by atoms with E-state index >= 15 is 0 Å². The first-order valence-electron chi connectivity index (χ1n) is 13.8. The summed E-state index contributed by atoms with van der Waals surface area (Å²) in [4.78, 5) is 24.9. The van der Waals surface area contributed by atoms with Crippen LogP contribution in [-0.4, -0.2) is 71.7 Å². The lowest BCUT2D eigenvalue weighted by atomic mass is 9.77. The Labute approximate surface area is 213 Å². The Balaban J connectivity index is 1.19. The molecule has 2 aliphatic carbocycles. The summed E-state index contributed by atoms with van der Waals surface area (Å²) in [7, 11) is 0. The normalized spacial score (nSPS) is 29.6. The highest BCUT2D eigenvalue weighted by Gasteiger charge is 2.40. The van der Waals surface area contributed by atoms with E-state index in [1.54, 1.807) is 0 Å². The van der Waals surface area contributed by atoms with Gasteiger partial charge in [-0.25, -0.2) is 4.98 Å². The Morgan fingerprint density at radius 3 is 2.69 bits per heavy atom. The number of carbonyl (C=O) groups excluding carboxylic acids is 1. The molecule has 2 aromatic heterocycles. The third-order valence-corrected chi connectivity index (χ3v) is 10.3. The fourth-order valence-corrected chi connectivity index (χ4v) is 8.35. The van der Waals surface area contributed by atoms with Crippen LogP contribution in [0.3, 0.4) is 0 Å². The van der Waals surface area contributed by atoms with Gasteiger partial charge in [-0.3, -0.25) is 9.69 Å². The fourth-order valence-electron chi connectivity index (χ4n) is 7.10. The van der Waals surface area contributed by atoms with Crippen LogP contribution in [0.1, 0.15) is 81.1 Å². The molecule has 0 bridgehead atoms. The van der Waals surface area contributed by atoms with E-state index < -0.39 is 0 Å². The number of aromatic nitrogens is 1. The minimum absolute atomic E-state index is 0.253. The van der Waals surface area contributed by atoms with Gasteiger partial charge in [0.25, 0.3) is 0 Å². The standard InChI is InChI=1S/C28H39N3O3S/c1-2-28(31-15-17-33-18-16-31)10-7-21(8-11-28)34-22-9-12-29-27-26(22)25-20(5-6-23(25)35-27)19-24(32)30-13-3-4-14-30/h9,12,20-21H,2-8,10-11,13-19H2,1H3/t20-,21-,28-/m1/s1. The van der Waals surface area contributed by atoms with E-state index in [1.807, 2.05) is 17.5 Å². The smallest absolute Gasteiger partial charge is 0.223 e. The van der Waals surface area contributed by atoms with E-state index in [9.17, 15) is 4.79 Å². The van der Waals surface area contributed by atoms with Gasteiger partial charge in [-0.1, -0.05) is 6.92 Å². The number of nitrogens with zero attached hydrogens (tertiary/aromatic N) is 3. The number of aryl methyl sites for hydroxylation is 1. The first kappa shape index (κ1) is 23.7. The van der Waals surface area contributed by atoms with Crippen LogP contribution in [0, 0.1) is 0 Å². The van der Waals surface area contributed by atoms with Crippen molar-refractivity contribution in [2.75, 3.05) is 39.4 Å². The predicted molar refractivity (Wildman–Crippen MR) is 139 cm³/mol. The summed E-state index contributed by atoms with van der Waals surface area (Å²) in [5, 5.41) is 1.20. The molecule has 0 unspecified atom stereocenters. The van der Waals surface area contributed by atoms with Crippen LogP contribution in [0.5, 0.6) is 5.75 Å². The second-order valence-corrected chi connectivity index (χ2v) is 12.0. The van der Waals surface area contributed by atoms with Crippen molar-refractivity contribution in [3.8, 4) is 5.75 Å². The first-order valence-corrected chi connectivity index (χ1v) is 14.7. The number of ether oxygens (including phenoxy) is 2. The molecule has 3 fully saturated rings. The molecule has 6 rings (SSSR count). The summed E-state index contributed by atoms with van der Waals surface area (Å²) in [5.74, 6) is 1.63. The van der Waals surface area contributed by atoms with Gasteiger partial charge in [0.15, 0.2) is 0 Å². The summed E-state index contributed by atoms with van der Waals surface area (Å²) in [6.45, 7) is 8.06. The molecule has 0 aromatic carbocycles. The lowest BCUT2D eigenvalue weighted by Crippen LogP contribution is -2.55. The van der Waals surface area contributed by atoms with Crippen molar-refractivity contribution in [3.63, 3.8) is 0 Å². The average molecular weight is 498 g/mol. The van der Waals surface area contributed by atoms with Gasteiger partial charge in [-0.15, -0.1) is 11.3 Å². The van der Waals surface area contributed by atoms with Crippen LogP contribution < -0.4 is 4.74 Å². The maximum absolute atomic E-state index is 13.0. The molecule has 2 saturated heterocycles. The molecule has 4 heterocycles. The summed E-state index contributed by atoms with van der Waals surface area (Å²) in [5.41, 5.74) is 1.68. The lowest BCUT2D eigenvalue weighted by molar-refractivity contribution is -0.130. The molecule has 1 atom stereocenters. The number of pyridine rings is 1. The molecule has 6 nitrogen and oxygen atoms in total. The van der Waals surface area contributed by atoms with Gasteiger partial charge in [0.1, 0.15) is 10.6 Å². The Hall–Kier alpha value is -1.70. The van der Waals surface area contributed by atoms with Crippen molar-refractivity contribution >= 4 is 27.5 Å². The van der Waals surface area contributed by atoms with Crippen LogP contribution >= 0.6 is 11.3 Å². The van der Waals surface area contributed by atoms with Gasteiger partial charge in [0.05, 0.1) is 24.7 Å². The number of thiophene rings is 1. The van der Waals surface area contributed by atoms with Crippen molar-refractivity contribution in [1.29, 1.82) is 0 Å². The molecule has 2 aliphatic heterocycles. The van der Waals surface area contributed by atoms with Crippen molar-refractivity contribution < 1.29 is 14.3 Å². The molecule has 1 amide bonds. The number of rotatable bonds is 6. The molecule has 35 heavy (non-hydrogen) atoms. The number of hydrogen-bond donors (Lipinski definition) is 0. The van der Waals surface area contributed by atoms with Crippen molar-refractivity contribution in [3.05, 3.63) is 22.7 Å². The van der Waals surface area contributed by atoms with E-state index in [2.05, 4.69) is 22.8 Å². The molecule has 0 N–H and O–H groups in total. The Morgan fingerprint density at radius 2 is 1.94 bits per heavy atom. The van der Waals surface area contributed by atoms with Gasteiger partial charge in [0.2, 0.25) is 5.91 Å². The zero-order valence-electron chi connectivity index (χ0n) is 21.1. The Morgan fingerprint density at radius 1 is 1.17 bits per heavy atom. The SMILES string of the molecule is CC[C@]1(N2CCOCC2)CC[C@H](Oc2ccnc3sc4c(c23)[C@@H](CC(=O)N2CCCC2)CC4)CC1. The zero-order valence-corrected chi connectivity index (χ0v) is 21.9. The van der Waals surface area contributed by atoms with Crippen molar-refractivity contribution in [1.82, 2.24) is 14.8 Å². The van der Waals surface area contributed by atoms with Gasteiger partial charge in [-0.2, -0.15) is 0 Å². The molecule has 4 aliphatic rings. The highest BCUT2D eigenvalue weighted by atomic mass is 32.1. The number of carbonyl (C=O) groups is 1. The molecule has 2 aromatic rings. The first-order chi connectivity index (χ1) is 17.2. The van der Waals surface area contributed by atoms with Crippen LogP contribution in [0.25, 0.3) is 10.2 Å². The predicted octanol–water partition coefficient (Wildman–Crippen LogP) is 5.14. The minimum Gasteiger partial charge on any atom is -0.490 e. The third kappa shape index (κ3) is 4.49. The van der Waals surface area contributed by atoms with Crippen molar-refractivity contribution in [2.24, 2.45) is 0 Å². The van der Waals surface area contributed by atoms with Crippen molar-refractivity contribution in [2.45, 2.75) is 88.7 Å². The number of likely N-dealkylation sites (tertiary alicyclic amines) is 1. The quantitative estimate of drug-likeness (QED) is 0.553. The Kier molecular flexibility index (Phi) is 6.76. The van der Waals surface area contributed by atoms with Gasteiger partial charge in [-0.05, 0) is 75.3 Å². The molecule has 190 valence electrons. The molecule has 0 spiro atoms. The minimum atomic E-state index is 0.253. The van der Waals surface area contributed by atoms with Crippen LogP contribution in [0.2, 0.25) is 0 Å². The van der Waals surface area contributed by atoms with E-state index in [-0.39, 0.29) is 6.10 Å². The fraction of sp³-hybridized carbons (Fsp3) is 0.714. The highest BCUT2D eigenvalue weighted by Crippen LogP contribution is 2.48. The van der Waals surface area contributed by atoms with Crippen LogP contribution in [-0.2, 0) is 16.0 Å². The zero-order chi connectivity index (χ0) is 23.8. The number of fused-ring (bicyclic) bond motifs is 3. The van der Waals surface area contributed by atoms with Gasteiger partial charge >= 0.3 is 0 Å². The summed E-state index contributed by atoms with van der Waals surface area (Å²) in [6.07, 6.45) is 13.0. The summed E-state index contributed by atoms with van der Waals surface area (Å²) < 4.78 is 12.4. The average Bonchev–Trinajstić information content (AvgIpc) is 3.64. The van der Waals surface area contributed by atoms with E-state index in [1.165, 1.54) is 35.1 Å². The number of amides is 1. The third-order valence-electron chi connectivity index (χ3n) is 9.17. The summed E-state index contributed by atoms with van der Waals surface area (Å²) in [6, 6.07) is 2.07. The lowest BCUT2D eigenvalue weighted by Gasteiger charge is -2.49.